The van der Waals surface area contributed by atoms with E-state index >= 15 is 0 Å². The summed E-state index contributed by atoms with van der Waals surface area (Å²) in [5, 5.41) is 2.79. The van der Waals surface area contributed by atoms with Gasteiger partial charge in [0.15, 0.2) is 11.5 Å². The Balaban J connectivity index is 1.95. The van der Waals surface area contributed by atoms with Crippen molar-refractivity contribution in [1.82, 2.24) is 10.2 Å². The van der Waals surface area contributed by atoms with Crippen LogP contribution < -0.4 is 14.8 Å². The van der Waals surface area contributed by atoms with Crippen molar-refractivity contribution in [3.63, 3.8) is 0 Å². The van der Waals surface area contributed by atoms with Gasteiger partial charge in [0, 0.05) is 5.56 Å². The Morgan fingerprint density at radius 1 is 1.25 bits per heavy atom. The lowest BCUT2D eigenvalue weighted by Crippen LogP contribution is -2.34. The summed E-state index contributed by atoms with van der Waals surface area (Å²) >= 11 is 0. The maximum atomic E-state index is 12.6. The topological polar surface area (TPSA) is 72.4 Å². The molecule has 1 aliphatic heterocycles. The molecule has 1 aromatic carbocycles. The summed E-state index contributed by atoms with van der Waals surface area (Å²) in [6, 6.07) is 5.45. The van der Waals surface area contributed by atoms with Crippen molar-refractivity contribution < 1.29 is 19.0 Å². The Hall–Kier alpha value is -2.28. The molecule has 0 bridgehead atoms. The van der Waals surface area contributed by atoms with E-state index in [1.54, 1.807) is 18.2 Å². The van der Waals surface area contributed by atoms with Gasteiger partial charge in [0.25, 0.3) is 11.9 Å². The maximum Gasteiger partial charge on any atom is 0.291 e. The number of ether oxygens (including phenoxy) is 3. The van der Waals surface area contributed by atoms with Gasteiger partial charge >= 0.3 is 0 Å². The molecule has 0 saturated heterocycles. The van der Waals surface area contributed by atoms with Crippen LogP contribution in [-0.2, 0) is 4.74 Å². The second kappa shape index (κ2) is 11.5. The fourth-order valence-electron chi connectivity index (χ4n) is 2.93. The summed E-state index contributed by atoms with van der Waals surface area (Å²) in [5.74, 6) is 0.948. The molecule has 1 amide bonds. The number of rotatable bonds is 10. The van der Waals surface area contributed by atoms with Crippen molar-refractivity contribution in [3.8, 4) is 11.5 Å². The lowest BCUT2D eigenvalue weighted by molar-refractivity contribution is 0.0964. The summed E-state index contributed by atoms with van der Waals surface area (Å²) < 4.78 is 16.3. The van der Waals surface area contributed by atoms with Crippen molar-refractivity contribution in [2.24, 2.45) is 4.99 Å². The SMILES string of the molecule is CCCOC(=N[C@H](C)CCCN(CC)CC)NC(=O)c1ccc2c(c1)OCO2. The van der Waals surface area contributed by atoms with Gasteiger partial charge in [0.1, 0.15) is 0 Å². The van der Waals surface area contributed by atoms with E-state index in [-0.39, 0.29) is 24.8 Å². The minimum atomic E-state index is -0.275. The molecule has 1 N–H and O–H groups in total. The highest BCUT2D eigenvalue weighted by atomic mass is 16.7. The van der Waals surface area contributed by atoms with E-state index in [0.717, 1.165) is 38.9 Å². The van der Waals surface area contributed by atoms with Crippen molar-refractivity contribution in [3.05, 3.63) is 23.8 Å². The molecule has 0 aliphatic carbocycles. The minimum absolute atomic E-state index is 0.0690. The molecule has 0 spiro atoms. The van der Waals surface area contributed by atoms with Gasteiger partial charge in [-0.15, -0.1) is 0 Å². The van der Waals surface area contributed by atoms with Gasteiger partial charge in [-0.05, 0) is 64.0 Å². The third kappa shape index (κ3) is 6.71. The highest BCUT2D eigenvalue weighted by Gasteiger charge is 2.18. The number of hydrogen-bond acceptors (Lipinski definition) is 6. The summed E-state index contributed by atoms with van der Waals surface area (Å²) in [6.07, 6.45) is 2.84. The Morgan fingerprint density at radius 3 is 2.71 bits per heavy atom. The maximum absolute atomic E-state index is 12.6. The van der Waals surface area contributed by atoms with E-state index in [1.165, 1.54) is 0 Å². The average molecular weight is 392 g/mol. The second-order valence-corrected chi connectivity index (χ2v) is 6.82. The van der Waals surface area contributed by atoms with Crippen LogP contribution in [0.2, 0.25) is 0 Å². The molecule has 156 valence electrons. The molecule has 0 saturated carbocycles. The predicted octanol–water partition coefficient (Wildman–Crippen LogP) is 3.44. The standard InChI is InChI=1S/C21H33N3O4/c1-5-13-26-21(22-16(4)9-8-12-24(6-2)7-3)23-20(25)17-10-11-18-19(14-17)28-15-27-18/h10-11,14,16H,5-9,12-13,15H2,1-4H3,(H,22,23,25)/t16-/m1/s1. The molecule has 1 atom stereocenters. The zero-order chi connectivity index (χ0) is 20.4. The van der Waals surface area contributed by atoms with E-state index < -0.39 is 0 Å². The number of benzene rings is 1. The van der Waals surface area contributed by atoms with Gasteiger partial charge < -0.3 is 19.1 Å². The number of nitrogens with zero attached hydrogens (tertiary/aromatic N) is 2. The molecule has 2 rings (SSSR count). The summed E-state index contributed by atoms with van der Waals surface area (Å²) in [7, 11) is 0. The van der Waals surface area contributed by atoms with Crippen LogP contribution in [-0.4, -0.2) is 55.9 Å². The Kier molecular flexibility index (Phi) is 9.07. The second-order valence-electron chi connectivity index (χ2n) is 6.82. The van der Waals surface area contributed by atoms with E-state index in [1.807, 2.05) is 13.8 Å². The smallest absolute Gasteiger partial charge is 0.291 e. The fraction of sp³-hybridized carbons (Fsp3) is 0.619. The number of amides is 1. The summed E-state index contributed by atoms with van der Waals surface area (Å²) in [4.78, 5) is 19.6. The Bertz CT molecular complexity index is 659. The number of carbonyl (C=O) groups excluding carboxylic acids is 1. The summed E-state index contributed by atoms with van der Waals surface area (Å²) in [6.45, 7) is 12.3. The minimum Gasteiger partial charge on any atom is -0.465 e. The van der Waals surface area contributed by atoms with E-state index in [9.17, 15) is 4.79 Å². The first-order valence-electron chi connectivity index (χ1n) is 10.2. The van der Waals surface area contributed by atoms with E-state index in [0.29, 0.717) is 23.7 Å². The number of nitrogens with one attached hydrogen (secondary N) is 1. The van der Waals surface area contributed by atoms with Crippen LogP contribution in [0.5, 0.6) is 11.5 Å². The van der Waals surface area contributed by atoms with Crippen molar-refractivity contribution in [2.45, 2.75) is 53.0 Å². The molecule has 1 heterocycles. The molecule has 7 nitrogen and oxygen atoms in total. The number of hydrogen-bond donors (Lipinski definition) is 1. The predicted molar refractivity (Wildman–Crippen MR) is 110 cm³/mol. The first kappa shape index (κ1) is 22.0. The molecular weight excluding hydrogens is 358 g/mol. The number of carbonyl (C=O) groups is 1. The molecule has 7 heteroatoms. The Morgan fingerprint density at radius 2 is 2.00 bits per heavy atom. The van der Waals surface area contributed by atoms with Gasteiger partial charge in [-0.2, -0.15) is 0 Å². The van der Waals surface area contributed by atoms with Crippen LogP contribution in [0.4, 0.5) is 0 Å². The van der Waals surface area contributed by atoms with Crippen LogP contribution in [0.25, 0.3) is 0 Å². The quantitative estimate of drug-likeness (QED) is 0.489. The Labute approximate surface area is 168 Å². The normalized spacial score (nSPS) is 14.2. The molecule has 28 heavy (non-hydrogen) atoms. The molecule has 0 radical (unpaired) electrons. The zero-order valence-electron chi connectivity index (χ0n) is 17.5. The zero-order valence-corrected chi connectivity index (χ0v) is 17.5. The summed E-state index contributed by atoms with van der Waals surface area (Å²) in [5.41, 5.74) is 0.478. The van der Waals surface area contributed by atoms with Gasteiger partial charge in [0.05, 0.1) is 12.6 Å². The molecular formula is C21H33N3O4. The molecule has 0 unspecified atom stereocenters. The number of amidine groups is 1. The molecule has 0 aromatic heterocycles. The van der Waals surface area contributed by atoms with E-state index in [2.05, 4.69) is 29.1 Å². The van der Waals surface area contributed by atoms with Gasteiger partial charge in [-0.3, -0.25) is 10.1 Å². The first-order chi connectivity index (χ1) is 13.6. The molecule has 1 aliphatic rings. The highest BCUT2D eigenvalue weighted by Crippen LogP contribution is 2.32. The first-order valence-corrected chi connectivity index (χ1v) is 10.2. The van der Waals surface area contributed by atoms with Crippen LogP contribution in [0, 0.1) is 0 Å². The van der Waals surface area contributed by atoms with Crippen molar-refractivity contribution in [1.29, 1.82) is 0 Å². The fourth-order valence-corrected chi connectivity index (χ4v) is 2.93. The number of aliphatic imine (C=N–C) groups is 1. The van der Waals surface area contributed by atoms with Crippen LogP contribution in [0.1, 0.15) is 57.3 Å². The number of fused-ring (bicyclic) bond motifs is 1. The average Bonchev–Trinajstić information content (AvgIpc) is 3.17. The molecule has 1 aromatic rings. The monoisotopic (exact) mass is 391 g/mol. The van der Waals surface area contributed by atoms with Crippen LogP contribution >= 0.6 is 0 Å². The lowest BCUT2D eigenvalue weighted by atomic mass is 10.2. The van der Waals surface area contributed by atoms with Crippen LogP contribution in [0.15, 0.2) is 23.2 Å². The van der Waals surface area contributed by atoms with Gasteiger partial charge in [-0.1, -0.05) is 20.8 Å². The third-order valence-electron chi connectivity index (χ3n) is 4.63. The lowest BCUT2D eigenvalue weighted by Gasteiger charge is -2.18. The van der Waals surface area contributed by atoms with E-state index in [4.69, 9.17) is 14.2 Å². The third-order valence-corrected chi connectivity index (χ3v) is 4.63. The largest absolute Gasteiger partial charge is 0.465 e. The molecule has 0 fully saturated rings. The van der Waals surface area contributed by atoms with Gasteiger partial charge in [-0.25, -0.2) is 4.99 Å². The van der Waals surface area contributed by atoms with Crippen LogP contribution in [0.3, 0.4) is 0 Å². The van der Waals surface area contributed by atoms with Crippen molar-refractivity contribution >= 4 is 11.9 Å². The highest BCUT2D eigenvalue weighted by molar-refractivity contribution is 6.04. The van der Waals surface area contributed by atoms with Gasteiger partial charge in [0.2, 0.25) is 6.79 Å². The van der Waals surface area contributed by atoms with Crippen molar-refractivity contribution in [2.75, 3.05) is 33.0 Å².